The lowest BCUT2D eigenvalue weighted by atomic mass is 10.1. The number of likely N-dealkylation sites (tertiary alicyclic amines) is 1. The van der Waals surface area contributed by atoms with E-state index in [-0.39, 0.29) is 25.4 Å². The van der Waals surface area contributed by atoms with Crippen molar-refractivity contribution in [1.82, 2.24) is 4.90 Å². The van der Waals surface area contributed by atoms with E-state index >= 15 is 0 Å². The van der Waals surface area contributed by atoms with Crippen molar-refractivity contribution in [3.63, 3.8) is 0 Å². The number of nitrogens with zero attached hydrogens (tertiary/aromatic N) is 1. The standard InChI is InChI=1S/C13H16FNO4S/c14-20(18,19)9-10-6-13(17)15(7-10)8-12(16)11-4-2-1-3-5-11/h1-5,10,12,16H,6-9H2. The molecular weight excluding hydrogens is 285 g/mol. The van der Waals surface area contributed by atoms with Crippen LogP contribution in [0.1, 0.15) is 18.1 Å². The van der Waals surface area contributed by atoms with Crippen molar-refractivity contribution in [1.29, 1.82) is 0 Å². The summed E-state index contributed by atoms with van der Waals surface area (Å²) in [5.41, 5.74) is 0.682. The molecule has 7 heteroatoms. The molecule has 0 aromatic heterocycles. The SMILES string of the molecule is O=C1CC(CS(=O)(=O)F)CN1CC(O)c1ccccc1. The van der Waals surface area contributed by atoms with Gasteiger partial charge in [0.25, 0.3) is 0 Å². The van der Waals surface area contributed by atoms with Gasteiger partial charge in [-0.1, -0.05) is 30.3 Å². The summed E-state index contributed by atoms with van der Waals surface area (Å²) in [6.07, 6.45) is -0.828. The van der Waals surface area contributed by atoms with Gasteiger partial charge in [-0.15, -0.1) is 3.89 Å². The summed E-state index contributed by atoms with van der Waals surface area (Å²) in [5.74, 6) is -1.44. The van der Waals surface area contributed by atoms with Gasteiger partial charge in [-0.3, -0.25) is 4.79 Å². The Morgan fingerprint density at radius 1 is 1.35 bits per heavy atom. The largest absolute Gasteiger partial charge is 0.387 e. The molecule has 1 N–H and O–H groups in total. The Morgan fingerprint density at radius 3 is 2.60 bits per heavy atom. The number of carbonyl (C=O) groups is 1. The highest BCUT2D eigenvalue weighted by Crippen LogP contribution is 2.23. The first-order valence-corrected chi connectivity index (χ1v) is 7.83. The number of carbonyl (C=O) groups excluding carboxylic acids is 1. The number of amides is 1. The van der Waals surface area contributed by atoms with Crippen LogP contribution in [0.5, 0.6) is 0 Å². The lowest BCUT2D eigenvalue weighted by molar-refractivity contribution is -0.128. The molecule has 5 nitrogen and oxygen atoms in total. The van der Waals surface area contributed by atoms with Crippen LogP contribution in [0.25, 0.3) is 0 Å². The number of hydrogen-bond donors (Lipinski definition) is 1. The lowest BCUT2D eigenvalue weighted by Gasteiger charge is -2.20. The number of aliphatic hydroxyl groups is 1. The van der Waals surface area contributed by atoms with E-state index in [0.717, 1.165) is 0 Å². The number of aliphatic hydroxyl groups excluding tert-OH is 1. The molecule has 2 atom stereocenters. The zero-order chi connectivity index (χ0) is 14.8. The fourth-order valence-electron chi connectivity index (χ4n) is 2.41. The van der Waals surface area contributed by atoms with Gasteiger partial charge in [0.15, 0.2) is 0 Å². The van der Waals surface area contributed by atoms with E-state index in [0.29, 0.717) is 5.56 Å². The predicted molar refractivity (Wildman–Crippen MR) is 71.0 cm³/mol. The Bertz CT molecular complexity index is 575. The van der Waals surface area contributed by atoms with Crippen molar-refractivity contribution in [3.05, 3.63) is 35.9 Å². The van der Waals surface area contributed by atoms with E-state index in [1.165, 1.54) is 4.90 Å². The molecule has 0 bridgehead atoms. The smallest absolute Gasteiger partial charge is 0.302 e. The third-order valence-corrected chi connectivity index (χ3v) is 4.18. The number of hydrogen-bond acceptors (Lipinski definition) is 4. The highest BCUT2D eigenvalue weighted by molar-refractivity contribution is 7.86. The van der Waals surface area contributed by atoms with Crippen molar-refractivity contribution in [2.75, 3.05) is 18.8 Å². The average molecular weight is 301 g/mol. The minimum Gasteiger partial charge on any atom is -0.387 e. The van der Waals surface area contributed by atoms with Gasteiger partial charge in [0, 0.05) is 18.9 Å². The van der Waals surface area contributed by atoms with Gasteiger partial charge in [0.05, 0.1) is 18.4 Å². The second-order valence-corrected chi connectivity index (χ2v) is 6.41. The van der Waals surface area contributed by atoms with Crippen molar-refractivity contribution in [2.24, 2.45) is 5.92 Å². The number of benzene rings is 1. The van der Waals surface area contributed by atoms with Crippen molar-refractivity contribution >= 4 is 16.1 Å². The molecule has 2 unspecified atom stereocenters. The third kappa shape index (κ3) is 4.01. The molecular formula is C13H16FNO4S. The van der Waals surface area contributed by atoms with Crippen LogP contribution >= 0.6 is 0 Å². The first-order valence-electron chi connectivity index (χ1n) is 6.28. The Labute approximate surface area is 117 Å². The lowest BCUT2D eigenvalue weighted by Crippen LogP contribution is -2.30. The molecule has 2 rings (SSSR count). The molecule has 1 aliphatic rings. The number of rotatable bonds is 5. The van der Waals surface area contributed by atoms with Gasteiger partial charge in [-0.25, -0.2) is 0 Å². The summed E-state index contributed by atoms with van der Waals surface area (Å²) < 4.78 is 33.8. The molecule has 20 heavy (non-hydrogen) atoms. The van der Waals surface area contributed by atoms with Crippen LogP contribution in [-0.4, -0.2) is 43.2 Å². The van der Waals surface area contributed by atoms with E-state index in [1.54, 1.807) is 24.3 Å². The monoisotopic (exact) mass is 301 g/mol. The van der Waals surface area contributed by atoms with Crippen molar-refractivity contribution < 1.29 is 22.2 Å². The maximum absolute atomic E-state index is 12.6. The fraction of sp³-hybridized carbons (Fsp3) is 0.462. The molecule has 1 aromatic rings. The minimum absolute atomic E-state index is 0.00462. The van der Waals surface area contributed by atoms with Crippen molar-refractivity contribution in [3.8, 4) is 0 Å². The van der Waals surface area contributed by atoms with Gasteiger partial charge in [-0.05, 0) is 5.56 Å². The van der Waals surface area contributed by atoms with Gasteiger partial charge >= 0.3 is 10.2 Å². The number of β-amino-alcohol motifs (C(OH)–C–C–N with tert-alkyl or cyclic N) is 1. The Morgan fingerprint density at radius 2 is 2.00 bits per heavy atom. The highest BCUT2D eigenvalue weighted by atomic mass is 32.3. The quantitative estimate of drug-likeness (QED) is 0.819. The third-order valence-electron chi connectivity index (χ3n) is 3.31. The summed E-state index contributed by atoms with van der Waals surface area (Å²) in [6, 6.07) is 8.87. The molecule has 0 aliphatic carbocycles. The second kappa shape index (κ2) is 5.88. The second-order valence-electron chi connectivity index (χ2n) is 5.00. The molecule has 1 aromatic carbocycles. The van der Waals surface area contributed by atoms with Crippen LogP contribution in [0, 0.1) is 5.92 Å². The summed E-state index contributed by atoms with van der Waals surface area (Å²) in [7, 11) is -4.58. The zero-order valence-electron chi connectivity index (χ0n) is 10.8. The molecule has 1 heterocycles. The van der Waals surface area contributed by atoms with Gasteiger partial charge < -0.3 is 10.0 Å². The fourth-order valence-corrected chi connectivity index (χ4v) is 3.20. The van der Waals surface area contributed by atoms with Crippen LogP contribution in [0.4, 0.5) is 3.89 Å². The summed E-state index contributed by atoms with van der Waals surface area (Å²) >= 11 is 0. The highest BCUT2D eigenvalue weighted by Gasteiger charge is 2.33. The van der Waals surface area contributed by atoms with E-state index in [4.69, 9.17) is 0 Å². The molecule has 0 saturated carbocycles. The maximum atomic E-state index is 12.6. The van der Waals surface area contributed by atoms with Crippen LogP contribution in [-0.2, 0) is 15.0 Å². The number of halogens is 1. The Hall–Kier alpha value is -1.47. The molecule has 1 saturated heterocycles. The molecule has 110 valence electrons. The summed E-state index contributed by atoms with van der Waals surface area (Å²) in [5, 5.41) is 10.0. The van der Waals surface area contributed by atoms with Crippen LogP contribution in [0.15, 0.2) is 30.3 Å². The van der Waals surface area contributed by atoms with Crippen LogP contribution in [0.2, 0.25) is 0 Å². The first kappa shape index (κ1) is 14.9. The molecule has 1 amide bonds. The van der Waals surface area contributed by atoms with E-state index < -0.39 is 28.0 Å². The molecule has 1 aliphatic heterocycles. The first-order chi connectivity index (χ1) is 9.35. The predicted octanol–water partition coefficient (Wildman–Crippen LogP) is 0.868. The van der Waals surface area contributed by atoms with Crippen LogP contribution < -0.4 is 0 Å². The Kier molecular flexibility index (Phi) is 4.39. The average Bonchev–Trinajstić information content (AvgIpc) is 2.68. The van der Waals surface area contributed by atoms with Gasteiger partial charge in [0.2, 0.25) is 5.91 Å². The Balaban J connectivity index is 1.95. The topological polar surface area (TPSA) is 74.7 Å². The van der Waals surface area contributed by atoms with Crippen LogP contribution in [0.3, 0.4) is 0 Å². The van der Waals surface area contributed by atoms with E-state index in [9.17, 15) is 22.2 Å². The van der Waals surface area contributed by atoms with Crippen molar-refractivity contribution in [2.45, 2.75) is 12.5 Å². The molecule has 0 spiro atoms. The molecule has 0 radical (unpaired) electrons. The van der Waals surface area contributed by atoms with Gasteiger partial charge in [-0.2, -0.15) is 8.42 Å². The minimum atomic E-state index is -4.58. The van der Waals surface area contributed by atoms with Gasteiger partial charge in [0.1, 0.15) is 0 Å². The zero-order valence-corrected chi connectivity index (χ0v) is 11.6. The summed E-state index contributed by atoms with van der Waals surface area (Å²) in [4.78, 5) is 13.1. The maximum Gasteiger partial charge on any atom is 0.302 e. The summed E-state index contributed by atoms with van der Waals surface area (Å²) in [6.45, 7) is 0.248. The van der Waals surface area contributed by atoms with E-state index in [2.05, 4.69) is 0 Å². The molecule has 1 fully saturated rings. The van der Waals surface area contributed by atoms with E-state index in [1.807, 2.05) is 6.07 Å². The normalized spacial score (nSPS) is 21.2.